The summed E-state index contributed by atoms with van der Waals surface area (Å²) < 4.78 is 10.5. The molecule has 1 aromatic rings. The lowest BCUT2D eigenvalue weighted by Crippen LogP contribution is -2.33. The SMILES string of the molecule is COc1cc(C)ccc1OCC(=O)NCCC(O)C(=O)O. The summed E-state index contributed by atoms with van der Waals surface area (Å²) in [6.45, 7) is 1.75. The molecule has 21 heavy (non-hydrogen) atoms. The lowest BCUT2D eigenvalue weighted by molar-refractivity contribution is -0.147. The van der Waals surface area contributed by atoms with Gasteiger partial charge in [-0.2, -0.15) is 0 Å². The number of aryl methyl sites for hydroxylation is 1. The standard InChI is InChI=1S/C14H19NO6/c1-9-3-4-11(12(7-9)20-2)21-8-13(17)15-6-5-10(16)14(18)19/h3-4,7,10,16H,5-6,8H2,1-2H3,(H,15,17)(H,18,19). The van der Waals surface area contributed by atoms with Gasteiger partial charge in [0.1, 0.15) is 0 Å². The third-order valence-electron chi connectivity index (χ3n) is 2.70. The van der Waals surface area contributed by atoms with E-state index < -0.39 is 18.0 Å². The minimum Gasteiger partial charge on any atom is -0.493 e. The fraction of sp³-hybridized carbons (Fsp3) is 0.429. The van der Waals surface area contributed by atoms with Crippen LogP contribution in [0.2, 0.25) is 0 Å². The Morgan fingerprint density at radius 3 is 2.67 bits per heavy atom. The second kappa shape index (κ2) is 8.11. The second-order valence-electron chi connectivity index (χ2n) is 4.44. The van der Waals surface area contributed by atoms with Crippen LogP contribution < -0.4 is 14.8 Å². The molecule has 0 fully saturated rings. The quantitative estimate of drug-likeness (QED) is 0.639. The van der Waals surface area contributed by atoms with Gasteiger partial charge in [0.25, 0.3) is 5.91 Å². The number of aliphatic carboxylic acids is 1. The summed E-state index contributed by atoms with van der Waals surface area (Å²) in [6, 6.07) is 5.32. The molecule has 1 aromatic carbocycles. The molecule has 0 spiro atoms. The number of carboxylic acid groups (broad SMARTS) is 1. The third-order valence-corrected chi connectivity index (χ3v) is 2.70. The van der Waals surface area contributed by atoms with Crippen molar-refractivity contribution in [3.8, 4) is 11.5 Å². The van der Waals surface area contributed by atoms with E-state index in [9.17, 15) is 9.59 Å². The van der Waals surface area contributed by atoms with Gasteiger partial charge in [0.05, 0.1) is 7.11 Å². The van der Waals surface area contributed by atoms with Gasteiger partial charge in [0.2, 0.25) is 0 Å². The van der Waals surface area contributed by atoms with Crippen LogP contribution in [0.25, 0.3) is 0 Å². The highest BCUT2D eigenvalue weighted by molar-refractivity contribution is 5.77. The molecule has 0 heterocycles. The number of hydrogen-bond donors (Lipinski definition) is 3. The lowest BCUT2D eigenvalue weighted by Gasteiger charge is -2.11. The van der Waals surface area contributed by atoms with E-state index in [-0.39, 0.29) is 19.6 Å². The number of amides is 1. The van der Waals surface area contributed by atoms with Crippen LogP contribution in [0, 0.1) is 6.92 Å². The van der Waals surface area contributed by atoms with Crippen molar-refractivity contribution in [1.29, 1.82) is 0 Å². The Kier molecular flexibility index (Phi) is 6.48. The predicted molar refractivity (Wildman–Crippen MR) is 74.5 cm³/mol. The van der Waals surface area contributed by atoms with Gasteiger partial charge < -0.3 is 25.0 Å². The monoisotopic (exact) mass is 297 g/mol. The van der Waals surface area contributed by atoms with E-state index in [0.717, 1.165) is 5.56 Å². The van der Waals surface area contributed by atoms with Gasteiger partial charge in [-0.25, -0.2) is 4.79 Å². The molecule has 116 valence electrons. The van der Waals surface area contributed by atoms with Crippen molar-refractivity contribution in [3.05, 3.63) is 23.8 Å². The summed E-state index contributed by atoms with van der Waals surface area (Å²) in [4.78, 5) is 21.9. The zero-order chi connectivity index (χ0) is 15.8. The van der Waals surface area contributed by atoms with Crippen molar-refractivity contribution in [2.24, 2.45) is 0 Å². The number of rotatable bonds is 8. The molecule has 1 unspecified atom stereocenters. The smallest absolute Gasteiger partial charge is 0.332 e. The van der Waals surface area contributed by atoms with Gasteiger partial charge in [0.15, 0.2) is 24.2 Å². The molecule has 0 bridgehead atoms. The van der Waals surface area contributed by atoms with Crippen LogP contribution in [0.4, 0.5) is 0 Å². The largest absolute Gasteiger partial charge is 0.493 e. The van der Waals surface area contributed by atoms with Crippen molar-refractivity contribution in [3.63, 3.8) is 0 Å². The molecule has 0 saturated carbocycles. The van der Waals surface area contributed by atoms with Gasteiger partial charge in [-0.3, -0.25) is 4.79 Å². The van der Waals surface area contributed by atoms with Crippen LogP contribution in [0.15, 0.2) is 18.2 Å². The average molecular weight is 297 g/mol. The van der Waals surface area contributed by atoms with E-state index in [2.05, 4.69) is 5.32 Å². The number of hydrogen-bond acceptors (Lipinski definition) is 5. The van der Waals surface area contributed by atoms with Crippen LogP contribution in [-0.2, 0) is 9.59 Å². The zero-order valence-corrected chi connectivity index (χ0v) is 12.0. The molecule has 0 aliphatic heterocycles. The van der Waals surface area contributed by atoms with Crippen LogP contribution in [0.3, 0.4) is 0 Å². The van der Waals surface area contributed by atoms with Crippen molar-refractivity contribution in [2.75, 3.05) is 20.3 Å². The first-order chi connectivity index (χ1) is 9.93. The molecule has 0 radical (unpaired) electrons. The van der Waals surface area contributed by atoms with Crippen molar-refractivity contribution < 1.29 is 29.3 Å². The second-order valence-corrected chi connectivity index (χ2v) is 4.44. The number of methoxy groups -OCH3 is 1. The number of aliphatic hydroxyl groups excluding tert-OH is 1. The fourth-order valence-electron chi connectivity index (χ4n) is 1.56. The van der Waals surface area contributed by atoms with Crippen LogP contribution in [0.5, 0.6) is 11.5 Å². The van der Waals surface area contributed by atoms with E-state index in [1.807, 2.05) is 13.0 Å². The van der Waals surface area contributed by atoms with E-state index in [4.69, 9.17) is 19.7 Å². The molecule has 7 nitrogen and oxygen atoms in total. The first-order valence-corrected chi connectivity index (χ1v) is 6.39. The summed E-state index contributed by atoms with van der Waals surface area (Å²) in [6.07, 6.45) is -1.54. The zero-order valence-electron chi connectivity index (χ0n) is 12.0. The van der Waals surface area contributed by atoms with Crippen molar-refractivity contribution in [1.82, 2.24) is 5.32 Å². The minimum atomic E-state index is -1.48. The number of carboxylic acids is 1. The number of carbonyl (C=O) groups is 2. The van der Waals surface area contributed by atoms with Crippen molar-refractivity contribution >= 4 is 11.9 Å². The van der Waals surface area contributed by atoms with Gasteiger partial charge in [-0.1, -0.05) is 6.07 Å². The van der Waals surface area contributed by atoms with Crippen molar-refractivity contribution in [2.45, 2.75) is 19.4 Å². The average Bonchev–Trinajstić information content (AvgIpc) is 2.45. The summed E-state index contributed by atoms with van der Waals surface area (Å²) in [7, 11) is 1.51. The van der Waals surface area contributed by atoms with Gasteiger partial charge in [-0.15, -0.1) is 0 Å². The van der Waals surface area contributed by atoms with E-state index in [1.165, 1.54) is 7.11 Å². The molecular weight excluding hydrogens is 278 g/mol. The molecule has 1 amide bonds. The van der Waals surface area contributed by atoms with Gasteiger partial charge in [0, 0.05) is 13.0 Å². The first-order valence-electron chi connectivity index (χ1n) is 6.39. The van der Waals surface area contributed by atoms with E-state index in [0.29, 0.717) is 11.5 Å². The minimum absolute atomic E-state index is 0.0562. The van der Waals surface area contributed by atoms with Gasteiger partial charge >= 0.3 is 5.97 Å². The topological polar surface area (TPSA) is 105 Å². The molecule has 0 aliphatic rings. The molecule has 0 aromatic heterocycles. The molecule has 0 aliphatic carbocycles. The molecule has 0 saturated heterocycles. The van der Waals surface area contributed by atoms with Crippen LogP contribution in [0.1, 0.15) is 12.0 Å². The molecule has 1 rings (SSSR count). The van der Waals surface area contributed by atoms with E-state index in [1.54, 1.807) is 12.1 Å². The third kappa shape index (κ3) is 5.70. The summed E-state index contributed by atoms with van der Waals surface area (Å²) in [5.41, 5.74) is 1.01. The number of carbonyl (C=O) groups excluding carboxylic acids is 1. The Hall–Kier alpha value is -2.28. The molecule has 3 N–H and O–H groups in total. The van der Waals surface area contributed by atoms with Crippen LogP contribution >= 0.6 is 0 Å². The lowest BCUT2D eigenvalue weighted by atomic mass is 10.2. The maximum absolute atomic E-state index is 11.5. The Morgan fingerprint density at radius 2 is 2.05 bits per heavy atom. The summed E-state index contributed by atoms with van der Waals surface area (Å²) in [5.74, 6) is -0.743. The maximum Gasteiger partial charge on any atom is 0.332 e. The summed E-state index contributed by atoms with van der Waals surface area (Å²) in [5, 5.41) is 20.0. The normalized spacial score (nSPS) is 11.6. The Balaban J connectivity index is 2.38. The van der Waals surface area contributed by atoms with Gasteiger partial charge in [-0.05, 0) is 24.6 Å². The number of benzene rings is 1. The summed E-state index contributed by atoms with van der Waals surface area (Å²) >= 11 is 0. The molecule has 7 heteroatoms. The number of nitrogens with one attached hydrogen (secondary N) is 1. The maximum atomic E-state index is 11.5. The van der Waals surface area contributed by atoms with E-state index >= 15 is 0 Å². The Labute approximate surface area is 122 Å². The number of ether oxygens (including phenoxy) is 2. The molecular formula is C14H19NO6. The Morgan fingerprint density at radius 1 is 1.33 bits per heavy atom. The fourth-order valence-corrected chi connectivity index (χ4v) is 1.56. The predicted octanol–water partition coefficient (Wildman–Crippen LogP) is 0.334. The highest BCUT2D eigenvalue weighted by Gasteiger charge is 2.13. The van der Waals surface area contributed by atoms with Crippen LogP contribution in [-0.4, -0.2) is 48.5 Å². The molecule has 1 atom stereocenters. The highest BCUT2D eigenvalue weighted by Crippen LogP contribution is 2.27. The first kappa shape index (κ1) is 16.8. The number of aliphatic hydroxyl groups is 1. The highest BCUT2D eigenvalue weighted by atomic mass is 16.5. The Bertz CT molecular complexity index is 502.